The van der Waals surface area contributed by atoms with Crippen molar-refractivity contribution in [2.24, 2.45) is 5.73 Å². The van der Waals surface area contributed by atoms with Crippen LogP contribution in [0.2, 0.25) is 0 Å². The smallest absolute Gasteiger partial charge is 0.412 e. The van der Waals surface area contributed by atoms with Gasteiger partial charge in [-0.05, 0) is 53.3 Å². The topological polar surface area (TPSA) is 148 Å². The zero-order valence-corrected chi connectivity index (χ0v) is 25.8. The van der Waals surface area contributed by atoms with E-state index in [1.54, 1.807) is 18.2 Å². The van der Waals surface area contributed by atoms with E-state index < -0.39 is 18.2 Å². The molecular weight excluding hydrogens is 606 g/mol. The first kappa shape index (κ1) is 33.6. The summed E-state index contributed by atoms with van der Waals surface area (Å²) in [6.45, 7) is 0.498. The number of halogens is 1. The van der Waals surface area contributed by atoms with Crippen molar-refractivity contribution < 1.29 is 23.9 Å². The number of amides is 3. The van der Waals surface area contributed by atoms with Crippen LogP contribution in [-0.2, 0) is 40.3 Å². The molecule has 11 heteroatoms. The molecule has 0 bridgehead atoms. The van der Waals surface area contributed by atoms with Gasteiger partial charge in [0.05, 0.1) is 17.4 Å². The maximum Gasteiger partial charge on any atom is 0.412 e. The number of carbonyl (C=O) groups excluding carboxylic acids is 3. The van der Waals surface area contributed by atoms with E-state index >= 15 is 0 Å². The highest BCUT2D eigenvalue weighted by molar-refractivity contribution is 5.95. The molecule has 1 atom stereocenters. The van der Waals surface area contributed by atoms with E-state index in [0.29, 0.717) is 30.8 Å². The van der Waals surface area contributed by atoms with Gasteiger partial charge < -0.3 is 25.5 Å². The first-order valence-electron chi connectivity index (χ1n) is 14.6. The Balaban J connectivity index is 0.00000480. The van der Waals surface area contributed by atoms with Gasteiger partial charge in [0.25, 0.3) is 0 Å². The Bertz CT molecular complexity index is 1750. The van der Waals surface area contributed by atoms with Crippen molar-refractivity contribution in [2.75, 3.05) is 17.2 Å². The van der Waals surface area contributed by atoms with Crippen LogP contribution in [0, 0.1) is 0 Å². The van der Waals surface area contributed by atoms with Gasteiger partial charge in [-0.25, -0.2) is 9.59 Å². The number of fused-ring (bicyclic) bond motifs is 1. The Morgan fingerprint density at radius 2 is 1.30 bits per heavy atom. The fourth-order valence-electron chi connectivity index (χ4n) is 4.79. The van der Waals surface area contributed by atoms with Crippen LogP contribution in [0.3, 0.4) is 0 Å². The van der Waals surface area contributed by atoms with Crippen LogP contribution < -0.4 is 21.7 Å². The Hall–Kier alpha value is -5.32. The maximum atomic E-state index is 12.8. The molecule has 0 aliphatic rings. The van der Waals surface area contributed by atoms with Crippen LogP contribution in [0.4, 0.5) is 21.0 Å². The number of aromatic nitrogens is 1. The van der Waals surface area contributed by atoms with Crippen molar-refractivity contribution in [3.8, 4) is 0 Å². The molecule has 3 amide bonds. The summed E-state index contributed by atoms with van der Waals surface area (Å²) in [5.41, 5.74) is 11.3. The van der Waals surface area contributed by atoms with Crippen molar-refractivity contribution in [3.05, 3.63) is 132 Å². The summed E-state index contributed by atoms with van der Waals surface area (Å²) < 4.78 is 10.7. The van der Waals surface area contributed by atoms with Gasteiger partial charge in [0, 0.05) is 23.6 Å². The minimum Gasteiger partial charge on any atom is -0.444 e. The molecule has 4 aromatic carbocycles. The second-order valence-electron chi connectivity index (χ2n) is 10.5. The fraction of sp³-hybridized carbons (Fsp3) is 0.171. The van der Waals surface area contributed by atoms with Crippen molar-refractivity contribution >= 4 is 52.8 Å². The van der Waals surface area contributed by atoms with Gasteiger partial charge in [0.15, 0.2) is 0 Å². The SMILES string of the molecule is Cl.N[C@@H](Cc1c[nH]c2ccccc12)C(=O)NCCc1ccc(NC(=O)OCc2ccccc2)c(NC(=O)OCc2ccccc2)c1. The van der Waals surface area contributed by atoms with Gasteiger partial charge in [0.2, 0.25) is 5.91 Å². The molecule has 238 valence electrons. The van der Waals surface area contributed by atoms with Crippen LogP contribution in [0.25, 0.3) is 10.9 Å². The zero-order chi connectivity index (χ0) is 31.4. The lowest BCUT2D eigenvalue weighted by atomic mass is 10.0. The maximum absolute atomic E-state index is 12.8. The largest absolute Gasteiger partial charge is 0.444 e. The lowest BCUT2D eigenvalue weighted by Crippen LogP contribution is -2.42. The molecule has 0 radical (unpaired) electrons. The number of hydrogen-bond donors (Lipinski definition) is 5. The van der Waals surface area contributed by atoms with Crippen LogP contribution in [0.15, 0.2) is 109 Å². The molecule has 1 aromatic heterocycles. The Morgan fingerprint density at radius 3 is 1.96 bits per heavy atom. The van der Waals surface area contributed by atoms with E-state index in [1.807, 2.05) is 91.1 Å². The van der Waals surface area contributed by atoms with Crippen LogP contribution in [0.1, 0.15) is 22.3 Å². The monoisotopic (exact) mass is 641 g/mol. The van der Waals surface area contributed by atoms with Gasteiger partial charge in [-0.1, -0.05) is 84.9 Å². The van der Waals surface area contributed by atoms with Crippen molar-refractivity contribution in [1.82, 2.24) is 10.3 Å². The first-order valence-corrected chi connectivity index (χ1v) is 14.6. The molecule has 5 aromatic rings. The molecule has 0 saturated heterocycles. The number of anilines is 2. The summed E-state index contributed by atoms with van der Waals surface area (Å²) >= 11 is 0. The number of nitrogens with one attached hydrogen (secondary N) is 4. The molecule has 1 heterocycles. The van der Waals surface area contributed by atoms with Gasteiger partial charge in [-0.3, -0.25) is 15.4 Å². The number of H-pyrrole nitrogens is 1. The first-order chi connectivity index (χ1) is 21.9. The third-order valence-electron chi connectivity index (χ3n) is 7.15. The van der Waals surface area contributed by atoms with E-state index in [2.05, 4.69) is 20.9 Å². The molecule has 6 N–H and O–H groups in total. The molecule has 0 spiro atoms. The van der Waals surface area contributed by atoms with Crippen molar-refractivity contribution in [3.63, 3.8) is 0 Å². The average Bonchev–Trinajstić information content (AvgIpc) is 3.47. The van der Waals surface area contributed by atoms with Crippen molar-refractivity contribution in [2.45, 2.75) is 32.1 Å². The summed E-state index contributed by atoms with van der Waals surface area (Å²) in [4.78, 5) is 41.2. The number of para-hydroxylation sites is 1. The normalized spacial score (nSPS) is 11.2. The van der Waals surface area contributed by atoms with E-state index in [9.17, 15) is 14.4 Å². The van der Waals surface area contributed by atoms with Crippen LogP contribution in [0.5, 0.6) is 0 Å². The minimum atomic E-state index is -0.714. The second kappa shape index (κ2) is 16.7. The lowest BCUT2D eigenvalue weighted by Gasteiger charge is -2.15. The number of rotatable bonds is 12. The van der Waals surface area contributed by atoms with Gasteiger partial charge in [0.1, 0.15) is 13.2 Å². The molecule has 0 aliphatic heterocycles. The summed E-state index contributed by atoms with van der Waals surface area (Å²) in [6.07, 6.45) is 1.37. The minimum absolute atomic E-state index is 0. The Kier molecular flexibility index (Phi) is 12.2. The molecule has 5 rings (SSSR count). The van der Waals surface area contributed by atoms with Gasteiger partial charge >= 0.3 is 12.2 Å². The molecule has 0 aliphatic carbocycles. The Morgan fingerprint density at radius 1 is 0.717 bits per heavy atom. The molecule has 46 heavy (non-hydrogen) atoms. The summed E-state index contributed by atoms with van der Waals surface area (Å²) in [5.74, 6) is -0.262. The van der Waals surface area contributed by atoms with E-state index in [4.69, 9.17) is 15.2 Å². The summed E-state index contributed by atoms with van der Waals surface area (Å²) in [6, 6.07) is 30.9. The third kappa shape index (κ3) is 9.59. The molecule has 0 unspecified atom stereocenters. The fourth-order valence-corrected chi connectivity index (χ4v) is 4.79. The number of nitrogens with two attached hydrogens (primary N) is 1. The highest BCUT2D eigenvalue weighted by Gasteiger charge is 2.17. The van der Waals surface area contributed by atoms with Gasteiger partial charge in [-0.2, -0.15) is 0 Å². The molecule has 0 fully saturated rings. The van der Waals surface area contributed by atoms with E-state index in [-0.39, 0.29) is 31.5 Å². The highest BCUT2D eigenvalue weighted by Crippen LogP contribution is 2.25. The predicted octanol–water partition coefficient (Wildman–Crippen LogP) is 6.32. The molecule has 10 nitrogen and oxygen atoms in total. The second-order valence-corrected chi connectivity index (χ2v) is 10.5. The summed E-state index contributed by atoms with van der Waals surface area (Å²) in [7, 11) is 0. The lowest BCUT2D eigenvalue weighted by molar-refractivity contribution is -0.122. The highest BCUT2D eigenvalue weighted by atomic mass is 35.5. The molecular formula is C35H36ClN5O5. The zero-order valence-electron chi connectivity index (χ0n) is 25.0. The number of benzene rings is 4. The molecule has 0 saturated carbocycles. The Labute approximate surface area is 273 Å². The van der Waals surface area contributed by atoms with Crippen LogP contribution >= 0.6 is 12.4 Å². The van der Waals surface area contributed by atoms with E-state index in [1.165, 1.54) is 0 Å². The number of ether oxygens (including phenoxy) is 2. The number of carbonyl (C=O) groups is 3. The van der Waals surface area contributed by atoms with Crippen molar-refractivity contribution in [1.29, 1.82) is 0 Å². The van der Waals surface area contributed by atoms with E-state index in [0.717, 1.165) is 33.2 Å². The quantitative estimate of drug-likeness (QED) is 0.108. The standard InChI is InChI=1S/C35H35N5O5.ClH/c36-29(20-27-21-38-30-14-8-7-13-28(27)30)33(41)37-18-17-24-15-16-31(39-34(42)44-22-25-9-3-1-4-10-25)32(19-24)40-35(43)45-23-26-11-5-2-6-12-26;/h1-16,19,21,29,38H,17-18,20,22-23,36H2,(H,37,41)(H,39,42)(H,40,43);1H/t29-;/m0./s1. The number of aromatic amines is 1. The summed E-state index contributed by atoms with van der Waals surface area (Å²) in [5, 5.41) is 9.34. The number of hydrogen-bond acceptors (Lipinski definition) is 6. The van der Waals surface area contributed by atoms with Crippen LogP contribution in [-0.4, -0.2) is 35.7 Å². The van der Waals surface area contributed by atoms with Gasteiger partial charge in [-0.15, -0.1) is 12.4 Å². The third-order valence-corrected chi connectivity index (χ3v) is 7.15. The predicted molar refractivity (Wildman–Crippen MR) is 181 cm³/mol. The average molecular weight is 642 g/mol.